The standard InChI is InChI=1S/C15H28N2O3S/c1-16-11-13-5-4-9-17(12-13)15(18)8-10-21(19,20)14-6-2-3-7-14/h13-14,16H,2-12H2,1H3. The van der Waals surface area contributed by atoms with Gasteiger partial charge in [0.05, 0.1) is 11.0 Å². The van der Waals surface area contributed by atoms with Gasteiger partial charge < -0.3 is 10.2 Å². The van der Waals surface area contributed by atoms with Crippen LogP contribution in [0.4, 0.5) is 0 Å². The summed E-state index contributed by atoms with van der Waals surface area (Å²) in [5.74, 6) is 0.542. The summed E-state index contributed by atoms with van der Waals surface area (Å²) in [7, 11) is -1.15. The van der Waals surface area contributed by atoms with Crippen LogP contribution in [0.2, 0.25) is 0 Å². The average molecular weight is 316 g/mol. The molecule has 1 N–H and O–H groups in total. The smallest absolute Gasteiger partial charge is 0.223 e. The number of nitrogens with one attached hydrogen (secondary N) is 1. The molecule has 1 unspecified atom stereocenters. The molecule has 1 amide bonds. The first-order valence-corrected chi connectivity index (χ1v) is 9.88. The molecule has 5 nitrogen and oxygen atoms in total. The van der Waals surface area contributed by atoms with E-state index >= 15 is 0 Å². The molecule has 1 atom stereocenters. The van der Waals surface area contributed by atoms with Crippen molar-refractivity contribution >= 4 is 15.7 Å². The second-order valence-electron chi connectivity index (χ2n) is 6.43. The van der Waals surface area contributed by atoms with Gasteiger partial charge in [0.15, 0.2) is 9.84 Å². The lowest BCUT2D eigenvalue weighted by Crippen LogP contribution is -2.43. The summed E-state index contributed by atoms with van der Waals surface area (Å²) in [5.41, 5.74) is 0. The maximum Gasteiger partial charge on any atom is 0.223 e. The summed E-state index contributed by atoms with van der Waals surface area (Å²) >= 11 is 0. The van der Waals surface area contributed by atoms with Crippen LogP contribution in [0.5, 0.6) is 0 Å². The minimum Gasteiger partial charge on any atom is -0.342 e. The predicted molar refractivity (Wildman–Crippen MR) is 83.9 cm³/mol. The molecule has 6 heteroatoms. The SMILES string of the molecule is CNCC1CCCN(C(=O)CCS(=O)(=O)C2CCCC2)C1. The lowest BCUT2D eigenvalue weighted by atomic mass is 9.98. The number of amides is 1. The maximum absolute atomic E-state index is 12.3. The molecular formula is C15H28N2O3S. The number of rotatable bonds is 6. The van der Waals surface area contributed by atoms with Gasteiger partial charge in [-0.1, -0.05) is 12.8 Å². The first kappa shape index (κ1) is 16.7. The average Bonchev–Trinajstić information content (AvgIpc) is 3.00. The zero-order valence-corrected chi connectivity index (χ0v) is 13.8. The van der Waals surface area contributed by atoms with Gasteiger partial charge in [-0.05, 0) is 45.2 Å². The van der Waals surface area contributed by atoms with Crippen LogP contribution in [-0.2, 0) is 14.6 Å². The van der Waals surface area contributed by atoms with Gasteiger partial charge in [-0.2, -0.15) is 0 Å². The zero-order chi connectivity index (χ0) is 15.3. The molecule has 1 heterocycles. The van der Waals surface area contributed by atoms with E-state index in [1.54, 1.807) is 0 Å². The summed E-state index contributed by atoms with van der Waals surface area (Å²) in [6.45, 7) is 2.47. The topological polar surface area (TPSA) is 66.5 Å². The van der Waals surface area contributed by atoms with Crippen molar-refractivity contribution in [2.45, 2.75) is 50.2 Å². The van der Waals surface area contributed by atoms with Gasteiger partial charge in [-0.15, -0.1) is 0 Å². The molecule has 1 aliphatic carbocycles. The summed E-state index contributed by atoms with van der Waals surface area (Å²) < 4.78 is 24.4. The molecule has 0 aromatic heterocycles. The van der Waals surface area contributed by atoms with Crippen molar-refractivity contribution in [3.8, 4) is 0 Å². The van der Waals surface area contributed by atoms with Gasteiger partial charge in [-0.25, -0.2) is 8.42 Å². The maximum atomic E-state index is 12.3. The molecule has 0 aromatic carbocycles. The molecule has 0 aromatic rings. The number of sulfone groups is 1. The third-order valence-corrected chi connectivity index (χ3v) is 7.04. The van der Waals surface area contributed by atoms with E-state index in [1.165, 1.54) is 0 Å². The van der Waals surface area contributed by atoms with Crippen molar-refractivity contribution < 1.29 is 13.2 Å². The Kier molecular flexibility index (Phi) is 6.05. The predicted octanol–water partition coefficient (Wildman–Crippen LogP) is 1.19. The molecular weight excluding hydrogens is 288 g/mol. The number of hydrogen-bond acceptors (Lipinski definition) is 4. The van der Waals surface area contributed by atoms with Crippen LogP contribution in [0.15, 0.2) is 0 Å². The number of carbonyl (C=O) groups excluding carboxylic acids is 1. The molecule has 1 saturated heterocycles. The second-order valence-corrected chi connectivity index (χ2v) is 8.83. The molecule has 2 aliphatic rings. The number of nitrogens with zero attached hydrogens (tertiary/aromatic N) is 1. The third kappa shape index (κ3) is 4.68. The first-order valence-electron chi connectivity index (χ1n) is 8.17. The van der Waals surface area contributed by atoms with E-state index in [1.807, 2.05) is 11.9 Å². The fourth-order valence-corrected chi connectivity index (χ4v) is 5.39. The Balaban J connectivity index is 1.81. The van der Waals surface area contributed by atoms with Gasteiger partial charge in [0.2, 0.25) is 5.91 Å². The fraction of sp³-hybridized carbons (Fsp3) is 0.933. The molecule has 1 saturated carbocycles. The monoisotopic (exact) mass is 316 g/mol. The Morgan fingerprint density at radius 1 is 1.19 bits per heavy atom. The third-order valence-electron chi connectivity index (χ3n) is 4.78. The zero-order valence-electron chi connectivity index (χ0n) is 13.0. The first-order chi connectivity index (χ1) is 10.0. The van der Waals surface area contributed by atoms with Crippen LogP contribution in [0.25, 0.3) is 0 Å². The largest absolute Gasteiger partial charge is 0.342 e. The highest BCUT2D eigenvalue weighted by Gasteiger charge is 2.30. The molecule has 21 heavy (non-hydrogen) atoms. The van der Waals surface area contributed by atoms with Crippen molar-refractivity contribution in [3.63, 3.8) is 0 Å². The van der Waals surface area contributed by atoms with E-state index < -0.39 is 9.84 Å². The molecule has 2 fully saturated rings. The minimum atomic E-state index is -3.08. The molecule has 1 aliphatic heterocycles. The van der Waals surface area contributed by atoms with Gasteiger partial charge >= 0.3 is 0 Å². The van der Waals surface area contributed by atoms with Crippen LogP contribution >= 0.6 is 0 Å². The number of hydrogen-bond donors (Lipinski definition) is 1. The Bertz CT molecular complexity index is 442. The van der Waals surface area contributed by atoms with Crippen molar-refractivity contribution in [3.05, 3.63) is 0 Å². The van der Waals surface area contributed by atoms with E-state index in [4.69, 9.17) is 0 Å². The summed E-state index contributed by atoms with van der Waals surface area (Å²) in [4.78, 5) is 14.1. The van der Waals surface area contributed by atoms with E-state index in [2.05, 4.69) is 5.32 Å². The van der Waals surface area contributed by atoms with E-state index in [9.17, 15) is 13.2 Å². The molecule has 122 valence electrons. The van der Waals surface area contributed by atoms with Crippen molar-refractivity contribution in [2.75, 3.05) is 32.4 Å². The Hall–Kier alpha value is -0.620. The normalized spacial score (nSPS) is 24.4. The number of carbonyl (C=O) groups is 1. The highest BCUT2D eigenvalue weighted by molar-refractivity contribution is 7.92. The van der Waals surface area contributed by atoms with Crippen LogP contribution in [0.3, 0.4) is 0 Å². The van der Waals surface area contributed by atoms with Crippen LogP contribution in [-0.4, -0.2) is 56.9 Å². The van der Waals surface area contributed by atoms with Crippen molar-refractivity contribution in [1.82, 2.24) is 10.2 Å². The highest BCUT2D eigenvalue weighted by atomic mass is 32.2. The summed E-state index contributed by atoms with van der Waals surface area (Å²) in [6.07, 6.45) is 5.91. The van der Waals surface area contributed by atoms with Gasteiger partial charge in [0.25, 0.3) is 0 Å². The lowest BCUT2D eigenvalue weighted by molar-refractivity contribution is -0.132. The Labute approximate surface area is 128 Å². The van der Waals surface area contributed by atoms with Gasteiger partial charge in [-0.3, -0.25) is 4.79 Å². The lowest BCUT2D eigenvalue weighted by Gasteiger charge is -2.32. The van der Waals surface area contributed by atoms with Crippen LogP contribution in [0, 0.1) is 5.92 Å². The fourth-order valence-electron chi connectivity index (χ4n) is 3.55. The molecule has 2 rings (SSSR count). The van der Waals surface area contributed by atoms with Crippen molar-refractivity contribution in [1.29, 1.82) is 0 Å². The summed E-state index contributed by atoms with van der Waals surface area (Å²) in [5, 5.41) is 2.97. The van der Waals surface area contributed by atoms with Crippen LogP contribution < -0.4 is 5.32 Å². The van der Waals surface area contributed by atoms with E-state index in [-0.39, 0.29) is 23.3 Å². The Morgan fingerprint density at radius 2 is 1.90 bits per heavy atom. The quantitative estimate of drug-likeness (QED) is 0.799. The number of piperidine rings is 1. The summed E-state index contributed by atoms with van der Waals surface area (Å²) in [6, 6.07) is 0. The minimum absolute atomic E-state index is 0.0115. The Morgan fingerprint density at radius 3 is 2.57 bits per heavy atom. The number of likely N-dealkylation sites (tertiary alicyclic amines) is 1. The molecule has 0 radical (unpaired) electrons. The van der Waals surface area contributed by atoms with Gasteiger partial charge in [0, 0.05) is 19.5 Å². The molecule has 0 spiro atoms. The second kappa shape index (κ2) is 7.58. The van der Waals surface area contributed by atoms with Crippen LogP contribution in [0.1, 0.15) is 44.9 Å². The molecule has 0 bridgehead atoms. The highest BCUT2D eigenvalue weighted by Crippen LogP contribution is 2.26. The van der Waals surface area contributed by atoms with Gasteiger partial charge in [0.1, 0.15) is 0 Å². The van der Waals surface area contributed by atoms with E-state index in [0.717, 1.165) is 58.2 Å². The van der Waals surface area contributed by atoms with E-state index in [0.29, 0.717) is 5.92 Å². The van der Waals surface area contributed by atoms with Crippen molar-refractivity contribution in [2.24, 2.45) is 5.92 Å².